The molecule has 0 spiro atoms. The lowest BCUT2D eigenvalue weighted by atomic mass is 10.0. The van der Waals surface area contributed by atoms with E-state index in [0.29, 0.717) is 11.3 Å². The molecular formula is C26H20FN3O4S. The number of hydrogen-bond donors (Lipinski definition) is 0. The number of nitro groups is 1. The Morgan fingerprint density at radius 3 is 2.11 bits per heavy atom. The number of carbonyl (C=O) groups is 2. The van der Waals surface area contributed by atoms with E-state index in [1.54, 1.807) is 6.07 Å². The van der Waals surface area contributed by atoms with Gasteiger partial charge in [0.15, 0.2) is 5.11 Å². The number of rotatable bonds is 4. The quantitative estimate of drug-likeness (QED) is 0.161. The molecular weight excluding hydrogens is 469 g/mol. The molecule has 2 amide bonds. The van der Waals surface area contributed by atoms with Crippen molar-refractivity contribution in [1.82, 2.24) is 0 Å². The smallest absolute Gasteiger partial charge is 0.268 e. The highest BCUT2D eigenvalue weighted by Crippen LogP contribution is 2.34. The first-order valence-corrected chi connectivity index (χ1v) is 11.0. The first-order chi connectivity index (χ1) is 16.6. The monoisotopic (exact) mass is 489 g/mol. The van der Waals surface area contributed by atoms with E-state index in [9.17, 15) is 24.1 Å². The van der Waals surface area contributed by atoms with Gasteiger partial charge in [-0.3, -0.25) is 29.5 Å². The fourth-order valence-electron chi connectivity index (χ4n) is 4.16. The van der Waals surface area contributed by atoms with Crippen LogP contribution in [0.4, 0.5) is 21.5 Å². The number of hydrogen-bond acceptors (Lipinski definition) is 5. The van der Waals surface area contributed by atoms with Crippen LogP contribution < -0.4 is 9.80 Å². The van der Waals surface area contributed by atoms with Crippen LogP contribution >= 0.6 is 12.2 Å². The summed E-state index contributed by atoms with van der Waals surface area (Å²) < 4.78 is 13.6. The number of carbonyl (C=O) groups excluding carboxylic acids is 2. The van der Waals surface area contributed by atoms with Crippen LogP contribution in [0, 0.1) is 36.7 Å². The summed E-state index contributed by atoms with van der Waals surface area (Å²) in [6, 6.07) is 14.6. The third-order valence-corrected chi connectivity index (χ3v) is 5.95. The molecule has 0 atom stereocenters. The Balaban J connectivity index is 1.93. The Hall–Kier alpha value is -4.24. The van der Waals surface area contributed by atoms with E-state index in [1.807, 2.05) is 32.9 Å². The molecule has 0 bridgehead atoms. The number of non-ortho nitro benzene ring substituents is 1. The largest absolute Gasteiger partial charge is 0.270 e. The van der Waals surface area contributed by atoms with Gasteiger partial charge in [-0.15, -0.1) is 0 Å². The lowest BCUT2D eigenvalue weighted by Gasteiger charge is -2.38. The topological polar surface area (TPSA) is 83.8 Å². The SMILES string of the molecule is Cc1cc(C)c(N2C(=O)/C(=C/c3cccc([N+](=O)[O-])c3)C(=O)N(c3ccc(F)cc3)C2=S)c(C)c1. The predicted molar refractivity (Wildman–Crippen MR) is 136 cm³/mol. The Labute approximate surface area is 206 Å². The highest BCUT2D eigenvalue weighted by Gasteiger charge is 2.42. The van der Waals surface area contributed by atoms with Gasteiger partial charge in [0.25, 0.3) is 17.5 Å². The molecule has 1 fully saturated rings. The zero-order valence-corrected chi connectivity index (χ0v) is 19.9. The summed E-state index contributed by atoms with van der Waals surface area (Å²) in [4.78, 5) is 40.4. The van der Waals surface area contributed by atoms with E-state index in [0.717, 1.165) is 21.6 Å². The molecule has 0 unspecified atom stereocenters. The van der Waals surface area contributed by atoms with Gasteiger partial charge >= 0.3 is 0 Å². The molecule has 0 N–H and O–H groups in total. The van der Waals surface area contributed by atoms with Crippen LogP contribution in [0.15, 0.2) is 66.2 Å². The Bertz CT molecular complexity index is 1410. The third kappa shape index (κ3) is 4.45. The average Bonchev–Trinajstić information content (AvgIpc) is 2.80. The molecule has 35 heavy (non-hydrogen) atoms. The van der Waals surface area contributed by atoms with E-state index in [-0.39, 0.29) is 22.1 Å². The lowest BCUT2D eigenvalue weighted by molar-refractivity contribution is -0.384. The number of aryl methyl sites for hydroxylation is 3. The van der Waals surface area contributed by atoms with Crippen LogP contribution in [-0.4, -0.2) is 21.9 Å². The molecule has 0 aliphatic carbocycles. The zero-order chi connectivity index (χ0) is 25.4. The normalized spacial score (nSPS) is 15.2. The average molecular weight is 490 g/mol. The van der Waals surface area contributed by atoms with Gasteiger partial charge in [-0.25, -0.2) is 4.39 Å². The molecule has 0 aromatic heterocycles. The van der Waals surface area contributed by atoms with Gasteiger partial charge in [0.05, 0.1) is 16.3 Å². The molecule has 3 aromatic carbocycles. The molecule has 7 nitrogen and oxygen atoms in total. The summed E-state index contributed by atoms with van der Waals surface area (Å²) in [6.45, 7) is 5.61. The second-order valence-electron chi connectivity index (χ2n) is 8.20. The molecule has 0 saturated carbocycles. The minimum Gasteiger partial charge on any atom is -0.268 e. The van der Waals surface area contributed by atoms with Crippen molar-refractivity contribution >= 4 is 52.3 Å². The van der Waals surface area contributed by atoms with Crippen LogP contribution in [0.3, 0.4) is 0 Å². The first-order valence-electron chi connectivity index (χ1n) is 10.6. The molecule has 3 aromatic rings. The maximum absolute atomic E-state index is 13.7. The maximum Gasteiger partial charge on any atom is 0.270 e. The Morgan fingerprint density at radius 2 is 1.51 bits per heavy atom. The third-order valence-electron chi connectivity index (χ3n) is 5.59. The van der Waals surface area contributed by atoms with Gasteiger partial charge in [-0.2, -0.15) is 0 Å². The lowest BCUT2D eigenvalue weighted by Crippen LogP contribution is -2.57. The number of amides is 2. The molecule has 1 saturated heterocycles. The summed E-state index contributed by atoms with van der Waals surface area (Å²) >= 11 is 5.62. The van der Waals surface area contributed by atoms with Crippen LogP contribution in [0.2, 0.25) is 0 Å². The van der Waals surface area contributed by atoms with Gasteiger partial charge in [-0.05, 0) is 80.0 Å². The van der Waals surface area contributed by atoms with Crippen molar-refractivity contribution in [1.29, 1.82) is 0 Å². The van der Waals surface area contributed by atoms with Crippen molar-refractivity contribution in [2.75, 3.05) is 9.80 Å². The van der Waals surface area contributed by atoms with Crippen molar-refractivity contribution < 1.29 is 18.9 Å². The summed E-state index contributed by atoms with van der Waals surface area (Å²) in [5.41, 5.74) is 3.27. The van der Waals surface area contributed by atoms with E-state index in [4.69, 9.17) is 12.2 Å². The molecule has 9 heteroatoms. The fraction of sp³-hybridized carbons (Fsp3) is 0.115. The minimum atomic E-state index is -0.711. The second kappa shape index (κ2) is 9.19. The number of anilines is 2. The van der Waals surface area contributed by atoms with Crippen molar-refractivity contribution in [2.45, 2.75) is 20.8 Å². The van der Waals surface area contributed by atoms with Crippen molar-refractivity contribution in [3.63, 3.8) is 0 Å². The minimum absolute atomic E-state index is 0.0714. The van der Waals surface area contributed by atoms with Gasteiger partial charge in [0, 0.05) is 12.1 Å². The highest BCUT2D eigenvalue weighted by molar-refractivity contribution is 7.81. The number of thiocarbonyl (C=S) groups is 1. The van der Waals surface area contributed by atoms with Crippen LogP contribution in [0.5, 0.6) is 0 Å². The first kappa shape index (κ1) is 23.9. The van der Waals surface area contributed by atoms with Gasteiger partial charge in [-0.1, -0.05) is 29.8 Å². The Kier molecular flexibility index (Phi) is 6.27. The summed E-state index contributed by atoms with van der Waals surface area (Å²) in [7, 11) is 0. The molecule has 1 heterocycles. The van der Waals surface area contributed by atoms with Crippen molar-refractivity contribution in [3.05, 3.63) is 104 Å². The highest BCUT2D eigenvalue weighted by atomic mass is 32.1. The van der Waals surface area contributed by atoms with E-state index < -0.39 is 22.6 Å². The zero-order valence-electron chi connectivity index (χ0n) is 19.1. The fourth-order valence-corrected chi connectivity index (χ4v) is 4.53. The summed E-state index contributed by atoms with van der Waals surface area (Å²) in [6.07, 6.45) is 1.31. The van der Waals surface area contributed by atoms with Crippen LogP contribution in [-0.2, 0) is 9.59 Å². The molecule has 1 aliphatic rings. The predicted octanol–water partition coefficient (Wildman–Crippen LogP) is 5.41. The van der Waals surface area contributed by atoms with E-state index in [2.05, 4.69) is 0 Å². The number of nitro benzene ring substituents is 1. The maximum atomic E-state index is 13.7. The second-order valence-corrected chi connectivity index (χ2v) is 8.56. The summed E-state index contributed by atoms with van der Waals surface area (Å²) in [5.74, 6) is -1.86. The van der Waals surface area contributed by atoms with Crippen molar-refractivity contribution in [3.8, 4) is 0 Å². The van der Waals surface area contributed by atoms with Gasteiger partial charge in [0.2, 0.25) is 0 Å². The van der Waals surface area contributed by atoms with Crippen LogP contribution in [0.25, 0.3) is 6.08 Å². The van der Waals surface area contributed by atoms with Crippen molar-refractivity contribution in [2.24, 2.45) is 0 Å². The van der Waals surface area contributed by atoms with Gasteiger partial charge in [0.1, 0.15) is 11.4 Å². The van der Waals surface area contributed by atoms with Crippen LogP contribution in [0.1, 0.15) is 22.3 Å². The number of nitrogens with zero attached hydrogens (tertiary/aromatic N) is 3. The molecule has 176 valence electrons. The van der Waals surface area contributed by atoms with Gasteiger partial charge < -0.3 is 0 Å². The Morgan fingerprint density at radius 1 is 0.914 bits per heavy atom. The molecule has 0 radical (unpaired) electrons. The number of halogens is 1. The standard InChI is InChI=1S/C26H20FN3O4S/c1-15-11-16(2)23(17(3)12-15)29-25(32)22(14-18-5-4-6-21(13-18)30(33)34)24(31)28(26(29)35)20-9-7-19(27)8-10-20/h4-14H,1-3H3/b22-14+. The van der Waals surface area contributed by atoms with E-state index in [1.165, 1.54) is 53.4 Å². The van der Waals surface area contributed by atoms with E-state index >= 15 is 0 Å². The molecule has 4 rings (SSSR count). The number of benzene rings is 3. The summed E-state index contributed by atoms with van der Waals surface area (Å²) in [5, 5.41) is 11.1. The molecule has 1 aliphatic heterocycles.